The van der Waals surface area contributed by atoms with Gasteiger partial charge in [0, 0.05) is 18.1 Å². The van der Waals surface area contributed by atoms with Crippen LogP contribution >= 0.6 is 23.2 Å². The molecule has 1 saturated heterocycles. The molecule has 1 atom stereocenters. The summed E-state index contributed by atoms with van der Waals surface area (Å²) in [5.41, 5.74) is -0.980. The minimum atomic E-state index is -3.66. The largest absolute Gasteiger partial charge is 0.482 e. The Labute approximate surface area is 175 Å². The third-order valence-electron chi connectivity index (χ3n) is 4.56. The Morgan fingerprint density at radius 3 is 2.68 bits per heavy atom. The van der Waals surface area contributed by atoms with Crippen LogP contribution in [0.2, 0.25) is 10.0 Å². The summed E-state index contributed by atoms with van der Waals surface area (Å²) >= 11 is 11.9. The molecular weight excluding hydrogens is 427 g/mol. The Bertz CT molecular complexity index is 846. The van der Waals surface area contributed by atoms with Gasteiger partial charge in [-0.2, -0.15) is 0 Å². The molecule has 0 spiro atoms. The third-order valence-corrected chi connectivity index (χ3v) is 6.54. The van der Waals surface area contributed by atoms with E-state index in [0.717, 1.165) is 0 Å². The minimum Gasteiger partial charge on any atom is -0.482 e. The van der Waals surface area contributed by atoms with Crippen molar-refractivity contribution in [3.8, 4) is 5.75 Å². The normalized spacial score (nSPS) is 19.9. The fraction of sp³-hybridized carbons (Fsp3) is 0.556. The molecule has 0 bridgehead atoms. The van der Waals surface area contributed by atoms with Crippen LogP contribution in [0.3, 0.4) is 0 Å². The van der Waals surface area contributed by atoms with Crippen LogP contribution in [-0.2, 0) is 19.6 Å². The number of carbonyl (C=O) groups excluding carboxylic acids is 2. The first-order chi connectivity index (χ1) is 13.1. The van der Waals surface area contributed by atoms with E-state index in [4.69, 9.17) is 27.9 Å². The number of carbonyl (C=O) groups is 2. The average molecular weight is 451 g/mol. The number of nitrogens with one attached hydrogen (secondary N) is 1. The SMILES string of the molecule is CCCS(=O)(=O)NC(=O)C1(C)CCCN(C(=O)COc2ccc(Cl)cc2Cl)C1. The van der Waals surface area contributed by atoms with Gasteiger partial charge in [-0.3, -0.25) is 14.3 Å². The number of likely N-dealkylation sites (tertiary alicyclic amines) is 1. The van der Waals surface area contributed by atoms with Crippen molar-refractivity contribution in [1.29, 1.82) is 0 Å². The predicted molar refractivity (Wildman–Crippen MR) is 108 cm³/mol. The molecule has 1 unspecified atom stereocenters. The molecule has 0 radical (unpaired) electrons. The Balaban J connectivity index is 1.99. The van der Waals surface area contributed by atoms with Gasteiger partial charge < -0.3 is 9.64 Å². The molecule has 1 aromatic carbocycles. The quantitative estimate of drug-likeness (QED) is 0.688. The van der Waals surface area contributed by atoms with Crippen molar-refractivity contribution in [2.24, 2.45) is 5.41 Å². The maximum atomic E-state index is 12.5. The number of nitrogens with zero attached hydrogens (tertiary/aromatic N) is 1. The first-order valence-electron chi connectivity index (χ1n) is 8.97. The van der Waals surface area contributed by atoms with Gasteiger partial charge in [0.1, 0.15) is 5.75 Å². The van der Waals surface area contributed by atoms with Crippen LogP contribution in [0.25, 0.3) is 0 Å². The Morgan fingerprint density at radius 2 is 2.04 bits per heavy atom. The van der Waals surface area contributed by atoms with E-state index in [1.807, 2.05) is 0 Å². The van der Waals surface area contributed by atoms with E-state index in [9.17, 15) is 18.0 Å². The molecule has 1 N–H and O–H groups in total. The summed E-state index contributed by atoms with van der Waals surface area (Å²) in [6, 6.07) is 4.69. The van der Waals surface area contributed by atoms with Gasteiger partial charge in [-0.1, -0.05) is 30.1 Å². The lowest BCUT2D eigenvalue weighted by molar-refractivity contribution is -0.141. The molecule has 10 heteroatoms. The number of hydrogen-bond acceptors (Lipinski definition) is 5. The number of rotatable bonds is 7. The molecule has 2 amide bonds. The second kappa shape index (κ2) is 9.33. The molecule has 0 aliphatic carbocycles. The highest BCUT2D eigenvalue weighted by Crippen LogP contribution is 2.31. The molecular formula is C18H24Cl2N2O5S. The molecule has 0 saturated carbocycles. The number of amides is 2. The van der Waals surface area contributed by atoms with Gasteiger partial charge in [-0.05, 0) is 44.4 Å². The molecule has 1 fully saturated rings. The van der Waals surface area contributed by atoms with E-state index >= 15 is 0 Å². The maximum Gasteiger partial charge on any atom is 0.260 e. The van der Waals surface area contributed by atoms with Crippen molar-refractivity contribution in [2.75, 3.05) is 25.4 Å². The number of benzene rings is 1. The second-order valence-electron chi connectivity index (χ2n) is 7.09. The summed E-state index contributed by atoms with van der Waals surface area (Å²) in [7, 11) is -3.66. The van der Waals surface area contributed by atoms with Gasteiger partial charge in [0.25, 0.3) is 5.91 Å². The van der Waals surface area contributed by atoms with Crippen molar-refractivity contribution in [1.82, 2.24) is 9.62 Å². The zero-order valence-electron chi connectivity index (χ0n) is 15.8. The monoisotopic (exact) mass is 450 g/mol. The van der Waals surface area contributed by atoms with Gasteiger partial charge in [-0.25, -0.2) is 8.42 Å². The van der Waals surface area contributed by atoms with Crippen LogP contribution in [0.5, 0.6) is 5.75 Å². The first kappa shape index (κ1) is 22.8. The molecule has 1 aliphatic rings. The van der Waals surface area contributed by atoms with Gasteiger partial charge in [0.2, 0.25) is 15.9 Å². The summed E-state index contributed by atoms with van der Waals surface area (Å²) < 4.78 is 31.4. The van der Waals surface area contributed by atoms with Crippen LogP contribution in [0.4, 0.5) is 0 Å². The molecule has 7 nitrogen and oxygen atoms in total. The van der Waals surface area contributed by atoms with Gasteiger partial charge in [-0.15, -0.1) is 0 Å². The molecule has 2 rings (SSSR count). The second-order valence-corrected chi connectivity index (χ2v) is 9.78. The van der Waals surface area contributed by atoms with Gasteiger partial charge >= 0.3 is 0 Å². The van der Waals surface area contributed by atoms with Crippen LogP contribution in [0.1, 0.15) is 33.1 Å². The van der Waals surface area contributed by atoms with Crippen molar-refractivity contribution in [3.05, 3.63) is 28.2 Å². The van der Waals surface area contributed by atoms with Crippen molar-refractivity contribution < 1.29 is 22.7 Å². The smallest absolute Gasteiger partial charge is 0.260 e. The zero-order valence-corrected chi connectivity index (χ0v) is 18.2. The van der Waals surface area contributed by atoms with Crippen LogP contribution in [0, 0.1) is 5.41 Å². The lowest BCUT2D eigenvalue weighted by Gasteiger charge is -2.39. The van der Waals surface area contributed by atoms with Gasteiger partial charge in [0.15, 0.2) is 6.61 Å². The van der Waals surface area contributed by atoms with Crippen molar-refractivity contribution in [2.45, 2.75) is 33.1 Å². The predicted octanol–water partition coefficient (Wildman–Crippen LogP) is 2.86. The van der Waals surface area contributed by atoms with E-state index in [-0.39, 0.29) is 24.8 Å². The number of piperidine rings is 1. The van der Waals surface area contributed by atoms with E-state index in [2.05, 4.69) is 4.72 Å². The fourth-order valence-corrected chi connectivity index (χ4v) is 4.68. The summed E-state index contributed by atoms with van der Waals surface area (Å²) in [6.07, 6.45) is 1.49. The summed E-state index contributed by atoms with van der Waals surface area (Å²) in [4.78, 5) is 26.6. The van der Waals surface area contributed by atoms with E-state index < -0.39 is 21.3 Å². The first-order valence-corrected chi connectivity index (χ1v) is 11.4. The number of hydrogen-bond donors (Lipinski definition) is 1. The topological polar surface area (TPSA) is 92.8 Å². The van der Waals surface area contributed by atoms with Crippen LogP contribution in [-0.4, -0.2) is 50.6 Å². The van der Waals surface area contributed by atoms with Crippen molar-refractivity contribution in [3.63, 3.8) is 0 Å². The van der Waals surface area contributed by atoms with Crippen LogP contribution < -0.4 is 9.46 Å². The molecule has 156 valence electrons. The number of halogens is 2. The number of sulfonamides is 1. The van der Waals surface area contributed by atoms with Crippen LogP contribution in [0.15, 0.2) is 18.2 Å². The molecule has 1 heterocycles. The fourth-order valence-electron chi connectivity index (χ4n) is 3.04. The lowest BCUT2D eigenvalue weighted by Crippen LogP contribution is -2.53. The van der Waals surface area contributed by atoms with Gasteiger partial charge in [0.05, 0.1) is 16.2 Å². The highest BCUT2D eigenvalue weighted by molar-refractivity contribution is 7.90. The van der Waals surface area contributed by atoms with E-state index in [1.54, 1.807) is 26.0 Å². The lowest BCUT2D eigenvalue weighted by atomic mass is 9.81. The average Bonchev–Trinajstić information content (AvgIpc) is 2.60. The molecule has 1 aromatic rings. The summed E-state index contributed by atoms with van der Waals surface area (Å²) in [5.74, 6) is -0.670. The Morgan fingerprint density at radius 1 is 1.32 bits per heavy atom. The Kier molecular flexibility index (Phi) is 7.59. The van der Waals surface area contributed by atoms with Crippen molar-refractivity contribution >= 4 is 45.0 Å². The highest BCUT2D eigenvalue weighted by atomic mass is 35.5. The Hall–Kier alpha value is -1.51. The number of ether oxygens (including phenoxy) is 1. The molecule has 0 aromatic heterocycles. The maximum absolute atomic E-state index is 12.5. The summed E-state index contributed by atoms with van der Waals surface area (Å²) in [5, 5.41) is 0.754. The molecule has 1 aliphatic heterocycles. The van der Waals surface area contributed by atoms with E-state index in [1.165, 1.54) is 11.0 Å². The zero-order chi connectivity index (χ0) is 20.9. The summed E-state index contributed by atoms with van der Waals surface area (Å²) in [6.45, 7) is 3.74. The highest BCUT2D eigenvalue weighted by Gasteiger charge is 2.40. The minimum absolute atomic E-state index is 0.118. The molecule has 28 heavy (non-hydrogen) atoms. The van der Waals surface area contributed by atoms with E-state index in [0.29, 0.717) is 41.6 Å². The standard InChI is InChI=1S/C18H24Cl2N2O5S/c1-3-9-28(25,26)21-17(24)18(2)7-4-8-22(12-18)16(23)11-27-15-6-5-13(19)10-14(15)20/h5-6,10H,3-4,7-9,11-12H2,1-2H3,(H,21,24). The third kappa shape index (κ3) is 5.99.